The number of likely N-dealkylation sites (tertiary alicyclic amines) is 1. The molecular formula is C18H20FN5O3. The van der Waals surface area contributed by atoms with Crippen molar-refractivity contribution in [3.63, 3.8) is 0 Å². The number of carbonyl (C=O) groups is 1. The fourth-order valence-corrected chi connectivity index (χ4v) is 3.12. The summed E-state index contributed by atoms with van der Waals surface area (Å²) < 4.78 is 13.8. The number of nitrogens with one attached hydrogen (secondary N) is 1. The molecule has 8 nitrogen and oxygen atoms in total. The second-order valence-electron chi connectivity index (χ2n) is 6.91. The maximum absolute atomic E-state index is 13.8. The smallest absolute Gasteiger partial charge is 0.311 e. The van der Waals surface area contributed by atoms with E-state index in [4.69, 9.17) is 0 Å². The van der Waals surface area contributed by atoms with Gasteiger partial charge in [-0.25, -0.2) is 9.37 Å². The number of nitro groups is 1. The minimum absolute atomic E-state index is 0.00227. The van der Waals surface area contributed by atoms with Crippen LogP contribution in [0.4, 0.5) is 15.9 Å². The van der Waals surface area contributed by atoms with Crippen molar-refractivity contribution >= 4 is 17.4 Å². The van der Waals surface area contributed by atoms with Gasteiger partial charge in [0.2, 0.25) is 5.82 Å². The molecule has 0 aromatic carbocycles. The number of hydrogen-bond donors (Lipinski definition) is 1. The summed E-state index contributed by atoms with van der Waals surface area (Å²) in [6.07, 6.45) is 3.51. The van der Waals surface area contributed by atoms with E-state index in [-0.39, 0.29) is 23.0 Å². The van der Waals surface area contributed by atoms with E-state index in [0.29, 0.717) is 31.6 Å². The maximum atomic E-state index is 13.8. The summed E-state index contributed by atoms with van der Waals surface area (Å²) in [6.45, 7) is 4.52. The molecule has 2 aromatic rings. The molecule has 27 heavy (non-hydrogen) atoms. The number of piperidine rings is 1. The quantitative estimate of drug-likeness (QED) is 0.653. The van der Waals surface area contributed by atoms with Gasteiger partial charge in [0.25, 0.3) is 5.91 Å². The Morgan fingerprint density at radius 3 is 2.67 bits per heavy atom. The lowest BCUT2D eigenvalue weighted by molar-refractivity contribution is -0.384. The fraction of sp³-hybridized carbons (Fsp3) is 0.389. The average Bonchev–Trinajstić information content (AvgIpc) is 2.62. The Morgan fingerprint density at radius 2 is 2.04 bits per heavy atom. The molecule has 1 aliphatic rings. The first-order valence-corrected chi connectivity index (χ1v) is 8.58. The number of hydrogen-bond acceptors (Lipinski definition) is 6. The summed E-state index contributed by atoms with van der Waals surface area (Å²) in [7, 11) is 0. The third kappa shape index (κ3) is 4.02. The highest BCUT2D eigenvalue weighted by Crippen LogP contribution is 2.31. The second kappa shape index (κ2) is 7.26. The lowest BCUT2D eigenvalue weighted by Crippen LogP contribution is -2.49. The minimum atomic E-state index is -0.645. The lowest BCUT2D eigenvalue weighted by atomic mass is 9.89. The molecule has 0 radical (unpaired) electrons. The van der Waals surface area contributed by atoms with Gasteiger partial charge in [-0.1, -0.05) is 0 Å². The van der Waals surface area contributed by atoms with Crippen LogP contribution in [0.2, 0.25) is 0 Å². The zero-order valence-corrected chi connectivity index (χ0v) is 15.1. The molecule has 3 rings (SSSR count). The predicted octanol–water partition coefficient (Wildman–Crippen LogP) is 2.94. The van der Waals surface area contributed by atoms with E-state index >= 15 is 0 Å². The Morgan fingerprint density at radius 1 is 1.33 bits per heavy atom. The third-order valence-corrected chi connectivity index (χ3v) is 4.79. The average molecular weight is 373 g/mol. The SMILES string of the molecule is Cc1ccc([N+](=O)[O-])c(NC2(C)CCN(C(=O)c3ccncc3F)CC2)n1. The Kier molecular flexibility index (Phi) is 5.02. The molecule has 1 aliphatic heterocycles. The van der Waals surface area contributed by atoms with Crippen LogP contribution < -0.4 is 5.32 Å². The number of carbonyl (C=O) groups excluding carboxylic acids is 1. The van der Waals surface area contributed by atoms with Crippen LogP contribution in [-0.2, 0) is 0 Å². The van der Waals surface area contributed by atoms with Gasteiger partial charge in [0.05, 0.1) is 16.7 Å². The van der Waals surface area contributed by atoms with Crippen LogP contribution in [0.1, 0.15) is 35.8 Å². The Bertz CT molecular complexity index is 881. The number of rotatable bonds is 4. The highest BCUT2D eigenvalue weighted by Gasteiger charge is 2.34. The second-order valence-corrected chi connectivity index (χ2v) is 6.91. The predicted molar refractivity (Wildman–Crippen MR) is 97.0 cm³/mol. The van der Waals surface area contributed by atoms with Crippen molar-refractivity contribution < 1.29 is 14.1 Å². The number of anilines is 1. The molecule has 3 heterocycles. The molecule has 1 fully saturated rings. The zero-order chi connectivity index (χ0) is 19.6. The summed E-state index contributed by atoms with van der Waals surface area (Å²) in [6, 6.07) is 4.39. The number of pyridine rings is 2. The summed E-state index contributed by atoms with van der Waals surface area (Å²) in [5, 5.41) is 14.4. The molecule has 2 aromatic heterocycles. The fourth-order valence-electron chi connectivity index (χ4n) is 3.12. The van der Waals surface area contributed by atoms with Gasteiger partial charge in [0.1, 0.15) is 0 Å². The molecule has 0 unspecified atom stereocenters. The van der Waals surface area contributed by atoms with Crippen molar-refractivity contribution in [2.45, 2.75) is 32.2 Å². The first-order chi connectivity index (χ1) is 12.8. The van der Waals surface area contributed by atoms with Crippen LogP contribution in [0.3, 0.4) is 0 Å². The van der Waals surface area contributed by atoms with Gasteiger partial charge in [-0.3, -0.25) is 19.9 Å². The van der Waals surface area contributed by atoms with E-state index in [1.54, 1.807) is 17.9 Å². The van der Waals surface area contributed by atoms with Crippen LogP contribution in [0, 0.1) is 22.9 Å². The first-order valence-electron chi connectivity index (χ1n) is 8.58. The monoisotopic (exact) mass is 373 g/mol. The van der Waals surface area contributed by atoms with Gasteiger partial charge >= 0.3 is 5.69 Å². The van der Waals surface area contributed by atoms with Gasteiger partial charge in [0, 0.05) is 36.6 Å². The van der Waals surface area contributed by atoms with Gasteiger partial charge < -0.3 is 10.2 Å². The maximum Gasteiger partial charge on any atom is 0.311 e. The summed E-state index contributed by atoms with van der Waals surface area (Å²) in [5.41, 5.74) is 0.128. The highest BCUT2D eigenvalue weighted by molar-refractivity contribution is 5.94. The largest absolute Gasteiger partial charge is 0.359 e. The molecule has 0 atom stereocenters. The van der Waals surface area contributed by atoms with Crippen LogP contribution in [-0.4, -0.2) is 44.3 Å². The first kappa shape index (κ1) is 18.7. The standard InChI is InChI=1S/C18H20FN5O3/c1-12-3-4-15(24(26)27)16(21-12)22-18(2)6-9-23(10-7-18)17(25)13-5-8-20-11-14(13)19/h3-5,8,11H,6-7,9-10H2,1-2H3,(H,21,22). The van der Waals surface area contributed by atoms with Crippen LogP contribution in [0.5, 0.6) is 0 Å². The van der Waals surface area contributed by atoms with E-state index in [1.807, 2.05) is 6.92 Å². The van der Waals surface area contributed by atoms with Crippen LogP contribution in [0.25, 0.3) is 0 Å². The van der Waals surface area contributed by atoms with E-state index in [1.165, 1.54) is 18.3 Å². The molecule has 1 amide bonds. The molecule has 1 saturated heterocycles. The molecular weight excluding hydrogens is 353 g/mol. The Hall–Kier alpha value is -3.10. The van der Waals surface area contributed by atoms with E-state index in [9.17, 15) is 19.3 Å². The number of amides is 1. The van der Waals surface area contributed by atoms with Gasteiger partial charge in [-0.05, 0) is 38.8 Å². The number of aryl methyl sites for hydroxylation is 1. The summed E-state index contributed by atoms with van der Waals surface area (Å²) in [5.74, 6) is -0.799. The van der Waals surface area contributed by atoms with Crippen LogP contribution >= 0.6 is 0 Å². The third-order valence-electron chi connectivity index (χ3n) is 4.79. The van der Waals surface area contributed by atoms with Crippen molar-refractivity contribution in [2.24, 2.45) is 0 Å². The Labute approximate surface area is 155 Å². The molecule has 0 spiro atoms. The molecule has 142 valence electrons. The van der Waals surface area contributed by atoms with E-state index in [0.717, 1.165) is 6.20 Å². The molecule has 0 bridgehead atoms. The normalized spacial score (nSPS) is 16.0. The lowest BCUT2D eigenvalue weighted by Gasteiger charge is -2.40. The van der Waals surface area contributed by atoms with Gasteiger partial charge in [-0.2, -0.15) is 0 Å². The summed E-state index contributed by atoms with van der Waals surface area (Å²) >= 11 is 0. The number of nitrogens with zero attached hydrogens (tertiary/aromatic N) is 4. The van der Waals surface area contributed by atoms with Crippen molar-refractivity contribution in [2.75, 3.05) is 18.4 Å². The van der Waals surface area contributed by atoms with Crippen molar-refractivity contribution in [3.05, 3.63) is 57.8 Å². The zero-order valence-electron chi connectivity index (χ0n) is 15.1. The van der Waals surface area contributed by atoms with Gasteiger partial charge in [-0.15, -0.1) is 0 Å². The summed E-state index contributed by atoms with van der Waals surface area (Å²) in [4.78, 5) is 32.8. The highest BCUT2D eigenvalue weighted by atomic mass is 19.1. The van der Waals surface area contributed by atoms with E-state index < -0.39 is 16.3 Å². The topological polar surface area (TPSA) is 101 Å². The van der Waals surface area contributed by atoms with Gasteiger partial charge in [0.15, 0.2) is 5.82 Å². The molecule has 9 heteroatoms. The molecule has 0 aliphatic carbocycles. The molecule has 0 saturated carbocycles. The van der Waals surface area contributed by atoms with Crippen molar-refractivity contribution in [3.8, 4) is 0 Å². The Balaban J connectivity index is 1.71. The number of halogens is 1. The van der Waals surface area contributed by atoms with Crippen molar-refractivity contribution in [1.82, 2.24) is 14.9 Å². The molecule has 1 N–H and O–H groups in total. The van der Waals surface area contributed by atoms with Crippen LogP contribution in [0.15, 0.2) is 30.6 Å². The minimum Gasteiger partial charge on any atom is -0.359 e. The van der Waals surface area contributed by atoms with Crippen molar-refractivity contribution in [1.29, 1.82) is 0 Å². The number of aromatic nitrogens is 2. The van der Waals surface area contributed by atoms with E-state index in [2.05, 4.69) is 15.3 Å².